The van der Waals surface area contributed by atoms with Crippen molar-refractivity contribution in [3.8, 4) is 22.6 Å². The van der Waals surface area contributed by atoms with Gasteiger partial charge in [0.2, 0.25) is 0 Å². The van der Waals surface area contributed by atoms with E-state index in [2.05, 4.69) is 16.8 Å². The Morgan fingerprint density at radius 1 is 1.00 bits per heavy atom. The van der Waals surface area contributed by atoms with Gasteiger partial charge in [-0.1, -0.05) is 48.0 Å². The second-order valence-electron chi connectivity index (χ2n) is 7.42. The van der Waals surface area contributed by atoms with Crippen LogP contribution < -0.4 is 5.56 Å². The Morgan fingerprint density at radius 3 is 2.30 bits per heavy atom. The van der Waals surface area contributed by atoms with E-state index in [-0.39, 0.29) is 40.4 Å². The average molecular weight is 445 g/mol. The van der Waals surface area contributed by atoms with Crippen LogP contribution in [0.2, 0.25) is 5.02 Å². The van der Waals surface area contributed by atoms with Gasteiger partial charge in [-0.15, -0.1) is 12.4 Å². The Bertz CT molecular complexity index is 1300. The van der Waals surface area contributed by atoms with Gasteiger partial charge in [-0.3, -0.25) is 4.79 Å². The highest BCUT2D eigenvalue weighted by Gasteiger charge is 2.19. The monoisotopic (exact) mass is 444 g/mol. The van der Waals surface area contributed by atoms with Gasteiger partial charge in [0, 0.05) is 28.4 Å². The molecule has 3 N–H and O–H groups in total. The zero-order valence-electron chi connectivity index (χ0n) is 16.7. The molecule has 0 amide bonds. The molecule has 0 aliphatic carbocycles. The highest BCUT2D eigenvalue weighted by atomic mass is 35.5. The summed E-state index contributed by atoms with van der Waals surface area (Å²) >= 11 is 6.34. The smallest absolute Gasteiger partial charge is 0.260 e. The van der Waals surface area contributed by atoms with E-state index in [1.807, 2.05) is 38.4 Å². The number of H-pyrrole nitrogens is 1. The van der Waals surface area contributed by atoms with Crippen molar-refractivity contribution in [2.24, 2.45) is 0 Å². The van der Waals surface area contributed by atoms with Crippen LogP contribution in [0.5, 0.6) is 11.5 Å². The van der Waals surface area contributed by atoms with Gasteiger partial charge >= 0.3 is 0 Å². The zero-order chi connectivity index (χ0) is 20.9. The lowest BCUT2D eigenvalue weighted by molar-refractivity contribution is 0.321. The average Bonchev–Trinajstić information content (AvgIpc) is 2.68. The van der Waals surface area contributed by atoms with E-state index < -0.39 is 5.56 Å². The van der Waals surface area contributed by atoms with Crippen molar-refractivity contribution in [3.05, 3.63) is 69.5 Å². The Hall–Kier alpha value is -2.73. The van der Waals surface area contributed by atoms with Crippen LogP contribution in [0, 0.1) is 0 Å². The molecule has 0 bridgehead atoms. The van der Waals surface area contributed by atoms with Crippen LogP contribution in [-0.4, -0.2) is 34.2 Å². The number of aromatic amines is 1. The van der Waals surface area contributed by atoms with Crippen molar-refractivity contribution in [1.82, 2.24) is 9.88 Å². The van der Waals surface area contributed by atoms with Crippen molar-refractivity contribution in [1.29, 1.82) is 0 Å². The molecule has 1 aromatic heterocycles. The van der Waals surface area contributed by atoms with Crippen LogP contribution in [0.15, 0.2) is 53.3 Å². The fourth-order valence-corrected chi connectivity index (χ4v) is 3.96. The maximum Gasteiger partial charge on any atom is 0.260 e. The van der Waals surface area contributed by atoms with Gasteiger partial charge in [-0.2, -0.15) is 0 Å². The molecule has 0 fully saturated rings. The third kappa shape index (κ3) is 3.49. The molecule has 4 rings (SSSR count). The first kappa shape index (κ1) is 22.0. The summed E-state index contributed by atoms with van der Waals surface area (Å²) in [6.45, 7) is 2.12. The normalized spacial score (nSPS) is 12.3. The van der Waals surface area contributed by atoms with Gasteiger partial charge in [-0.05, 0) is 38.2 Å². The molecule has 0 spiro atoms. The van der Waals surface area contributed by atoms with Crippen LogP contribution in [-0.2, 0) is 0 Å². The minimum atomic E-state index is -0.431. The molecular weight excluding hydrogens is 423 g/mol. The number of benzene rings is 3. The number of nitrogens with one attached hydrogen (secondary N) is 1. The number of halogens is 2. The number of phenols is 2. The maximum atomic E-state index is 12.5. The summed E-state index contributed by atoms with van der Waals surface area (Å²) in [5.41, 5.74) is 2.48. The lowest BCUT2D eigenvalue weighted by Crippen LogP contribution is -2.16. The number of aromatic hydroxyl groups is 2. The molecule has 0 saturated heterocycles. The van der Waals surface area contributed by atoms with Gasteiger partial charge in [0.15, 0.2) is 0 Å². The Morgan fingerprint density at radius 2 is 1.67 bits per heavy atom. The molecule has 7 heteroatoms. The highest BCUT2D eigenvalue weighted by molar-refractivity contribution is 6.37. The number of hydrogen-bond acceptors (Lipinski definition) is 4. The van der Waals surface area contributed by atoms with Crippen molar-refractivity contribution in [2.45, 2.75) is 13.0 Å². The first-order valence-corrected chi connectivity index (χ1v) is 9.63. The lowest BCUT2D eigenvalue weighted by Gasteiger charge is -2.20. The molecule has 156 valence electrons. The topological polar surface area (TPSA) is 76.6 Å². The van der Waals surface area contributed by atoms with E-state index >= 15 is 0 Å². The molecule has 0 aliphatic rings. The number of nitrogens with zero attached hydrogens (tertiary/aromatic N) is 1. The number of hydrogen-bond donors (Lipinski definition) is 3. The van der Waals surface area contributed by atoms with Crippen molar-refractivity contribution >= 4 is 45.7 Å². The Labute approximate surface area is 184 Å². The van der Waals surface area contributed by atoms with E-state index in [0.29, 0.717) is 21.9 Å². The number of fused-ring (bicyclic) bond motifs is 3. The fourth-order valence-electron chi connectivity index (χ4n) is 3.71. The van der Waals surface area contributed by atoms with Crippen LogP contribution in [0.25, 0.3) is 32.8 Å². The number of pyridine rings is 1. The van der Waals surface area contributed by atoms with Crippen molar-refractivity contribution < 1.29 is 10.2 Å². The van der Waals surface area contributed by atoms with Gasteiger partial charge in [0.25, 0.3) is 5.56 Å². The summed E-state index contributed by atoms with van der Waals surface area (Å²) in [4.78, 5) is 17.4. The third-order valence-corrected chi connectivity index (χ3v) is 5.79. The van der Waals surface area contributed by atoms with Gasteiger partial charge in [0.1, 0.15) is 11.5 Å². The van der Waals surface area contributed by atoms with Crippen molar-refractivity contribution in [2.75, 3.05) is 14.1 Å². The third-order valence-electron chi connectivity index (χ3n) is 5.49. The molecule has 0 saturated carbocycles. The number of aromatic nitrogens is 1. The van der Waals surface area contributed by atoms with E-state index in [9.17, 15) is 15.0 Å². The summed E-state index contributed by atoms with van der Waals surface area (Å²) in [6.07, 6.45) is 0. The molecule has 4 aromatic rings. The van der Waals surface area contributed by atoms with Crippen LogP contribution in [0.1, 0.15) is 18.5 Å². The second-order valence-corrected chi connectivity index (χ2v) is 7.83. The summed E-state index contributed by atoms with van der Waals surface area (Å²) in [5.74, 6) is -0.112. The summed E-state index contributed by atoms with van der Waals surface area (Å²) in [5, 5.41) is 22.5. The molecule has 0 unspecified atom stereocenters. The van der Waals surface area contributed by atoms with Gasteiger partial charge < -0.3 is 20.1 Å². The van der Waals surface area contributed by atoms with Crippen molar-refractivity contribution in [3.63, 3.8) is 0 Å². The molecule has 1 heterocycles. The van der Waals surface area contributed by atoms with Crippen LogP contribution in [0.4, 0.5) is 0 Å². The van der Waals surface area contributed by atoms with Crippen LogP contribution in [0.3, 0.4) is 0 Å². The lowest BCUT2D eigenvalue weighted by atomic mass is 9.94. The maximum absolute atomic E-state index is 12.5. The number of rotatable bonds is 3. The van der Waals surface area contributed by atoms with Gasteiger partial charge in [0.05, 0.1) is 15.9 Å². The highest BCUT2D eigenvalue weighted by Crippen LogP contribution is 2.43. The molecule has 0 radical (unpaired) electrons. The molecule has 1 atom stereocenters. The molecular formula is C23H22Cl2N2O3. The molecule has 0 aliphatic heterocycles. The minimum absolute atomic E-state index is 0. The predicted octanol–water partition coefficient (Wildman–Crippen LogP) is 5.46. The summed E-state index contributed by atoms with van der Waals surface area (Å²) in [7, 11) is 4.04. The Kier molecular flexibility index (Phi) is 5.99. The van der Waals surface area contributed by atoms with E-state index in [1.54, 1.807) is 12.1 Å². The second kappa shape index (κ2) is 8.19. The predicted molar refractivity (Wildman–Crippen MR) is 125 cm³/mol. The van der Waals surface area contributed by atoms with E-state index in [1.165, 1.54) is 12.1 Å². The Balaban J connectivity index is 0.00000256. The molecule has 30 heavy (non-hydrogen) atoms. The largest absolute Gasteiger partial charge is 0.507 e. The molecule has 3 aromatic carbocycles. The first-order valence-electron chi connectivity index (χ1n) is 9.25. The minimum Gasteiger partial charge on any atom is -0.507 e. The number of phenolic OH excluding ortho intramolecular Hbond substituents is 2. The summed E-state index contributed by atoms with van der Waals surface area (Å²) in [6, 6.07) is 14.5. The quantitative estimate of drug-likeness (QED) is 0.366. The molecule has 5 nitrogen and oxygen atoms in total. The van der Waals surface area contributed by atoms with Gasteiger partial charge in [-0.25, -0.2) is 0 Å². The van der Waals surface area contributed by atoms with E-state index in [4.69, 9.17) is 11.6 Å². The summed E-state index contributed by atoms with van der Waals surface area (Å²) < 4.78 is 0. The zero-order valence-corrected chi connectivity index (χ0v) is 18.3. The van der Waals surface area contributed by atoms with Crippen LogP contribution >= 0.6 is 24.0 Å². The first-order chi connectivity index (χ1) is 13.8. The SMILES string of the molecule is C[C@H](c1ccc(-c2c(O)cc(Cl)c3[nH]c(=O)c4c(O)cccc4c23)cc1)N(C)C.Cl. The standard InChI is InChI=1S/C23H21ClN2O3.ClH/c1-12(26(2)3)13-7-9-14(10-8-13)19-18(28)11-16(24)22-21(19)15-5-4-6-17(27)20(15)23(29)25-22;/h4-12,27-28H,1-3H3,(H,25,29);1H/t12-;/m1./s1. The van der Waals surface area contributed by atoms with E-state index in [0.717, 1.165) is 11.1 Å². The fraction of sp³-hybridized carbons (Fsp3) is 0.174.